The summed E-state index contributed by atoms with van der Waals surface area (Å²) in [7, 11) is 0. The van der Waals surface area contributed by atoms with Crippen LogP contribution in [0.15, 0.2) is 10.9 Å². The van der Waals surface area contributed by atoms with E-state index in [0.717, 1.165) is 0 Å². The van der Waals surface area contributed by atoms with Gasteiger partial charge in [0.25, 0.3) is 0 Å². The first-order chi connectivity index (χ1) is 8.63. The second-order valence-electron chi connectivity index (χ2n) is 4.27. The van der Waals surface area contributed by atoms with Gasteiger partial charge in [0.2, 0.25) is 17.7 Å². The van der Waals surface area contributed by atoms with Crippen LogP contribution in [0.3, 0.4) is 0 Å². The van der Waals surface area contributed by atoms with Gasteiger partial charge in [-0.3, -0.25) is 9.59 Å². The molecule has 2 unspecified atom stereocenters. The molecule has 18 heavy (non-hydrogen) atoms. The molecule has 1 aromatic rings. The molecule has 1 N–H and O–H groups in total. The van der Waals surface area contributed by atoms with Crippen LogP contribution in [0.1, 0.15) is 26.2 Å². The Morgan fingerprint density at radius 3 is 2.89 bits per heavy atom. The number of nitrogens with zero attached hydrogens (tertiary/aromatic N) is 3. The van der Waals surface area contributed by atoms with Gasteiger partial charge in [-0.05, 0) is 13.3 Å². The van der Waals surface area contributed by atoms with Crippen molar-refractivity contribution in [2.75, 3.05) is 6.54 Å². The number of amides is 2. The summed E-state index contributed by atoms with van der Waals surface area (Å²) in [5.74, 6) is 0.299. The van der Waals surface area contributed by atoms with Crippen molar-refractivity contribution in [3.05, 3.63) is 12.2 Å². The summed E-state index contributed by atoms with van der Waals surface area (Å²) in [6, 6.07) is -0.875. The van der Waals surface area contributed by atoms with E-state index < -0.39 is 12.1 Å². The van der Waals surface area contributed by atoms with E-state index in [2.05, 4.69) is 15.5 Å². The molecule has 7 heteroatoms. The highest BCUT2D eigenvalue weighted by molar-refractivity contribution is 5.96. The lowest BCUT2D eigenvalue weighted by Crippen LogP contribution is -2.62. The highest BCUT2D eigenvalue weighted by atomic mass is 16.5. The monoisotopic (exact) mass is 252 g/mol. The average molecular weight is 252 g/mol. The minimum Gasteiger partial charge on any atom is -0.343 e. The highest BCUT2D eigenvalue weighted by Crippen LogP contribution is 2.13. The number of carbonyl (C=O) groups excluding carboxylic acids is 2. The molecule has 0 aliphatic carbocycles. The van der Waals surface area contributed by atoms with Crippen molar-refractivity contribution in [1.29, 1.82) is 0 Å². The normalized spacial score (nSPS) is 24.2. The maximum Gasteiger partial charge on any atom is 0.245 e. The molecular formula is C11H16N4O3. The lowest BCUT2D eigenvalue weighted by molar-refractivity contribution is -0.148. The summed E-state index contributed by atoms with van der Waals surface area (Å²) in [6.07, 6.45) is 2.37. The van der Waals surface area contributed by atoms with Gasteiger partial charge >= 0.3 is 0 Å². The van der Waals surface area contributed by atoms with Crippen LogP contribution in [0.25, 0.3) is 0 Å². The van der Waals surface area contributed by atoms with E-state index in [1.807, 2.05) is 6.92 Å². The van der Waals surface area contributed by atoms with E-state index in [1.165, 1.54) is 6.33 Å². The van der Waals surface area contributed by atoms with Crippen LogP contribution in [0, 0.1) is 0 Å². The molecule has 1 aromatic heterocycles. The number of hydrogen-bond donors (Lipinski definition) is 1. The second-order valence-corrected chi connectivity index (χ2v) is 4.27. The minimum atomic E-state index is -0.469. The van der Waals surface area contributed by atoms with E-state index in [9.17, 15) is 9.59 Å². The van der Waals surface area contributed by atoms with Gasteiger partial charge in [-0.2, -0.15) is 4.98 Å². The van der Waals surface area contributed by atoms with E-state index in [-0.39, 0.29) is 11.8 Å². The topological polar surface area (TPSA) is 88.3 Å². The number of hydrogen-bond acceptors (Lipinski definition) is 5. The zero-order valence-electron chi connectivity index (χ0n) is 10.4. The van der Waals surface area contributed by atoms with Crippen LogP contribution >= 0.6 is 0 Å². The molecule has 0 bridgehead atoms. The van der Waals surface area contributed by atoms with Crippen LogP contribution < -0.4 is 5.32 Å². The van der Waals surface area contributed by atoms with Crippen molar-refractivity contribution in [1.82, 2.24) is 20.4 Å². The fourth-order valence-electron chi connectivity index (χ4n) is 2.11. The van der Waals surface area contributed by atoms with Crippen LogP contribution in [-0.4, -0.2) is 45.5 Å². The molecule has 1 saturated heterocycles. The molecule has 0 radical (unpaired) electrons. The lowest BCUT2D eigenvalue weighted by Gasteiger charge is -2.37. The summed E-state index contributed by atoms with van der Waals surface area (Å²) in [5, 5.41) is 6.18. The third-order valence-electron chi connectivity index (χ3n) is 3.05. The Kier molecular flexibility index (Phi) is 3.59. The van der Waals surface area contributed by atoms with Gasteiger partial charge in [0.15, 0.2) is 6.33 Å². The Morgan fingerprint density at radius 2 is 2.28 bits per heavy atom. The smallest absolute Gasteiger partial charge is 0.245 e. The lowest BCUT2D eigenvalue weighted by atomic mass is 10.1. The quantitative estimate of drug-likeness (QED) is 0.797. The van der Waals surface area contributed by atoms with E-state index >= 15 is 0 Å². The van der Waals surface area contributed by atoms with Gasteiger partial charge in [0.05, 0.1) is 0 Å². The van der Waals surface area contributed by atoms with E-state index in [4.69, 9.17) is 4.52 Å². The third-order valence-corrected chi connectivity index (χ3v) is 3.05. The average Bonchev–Trinajstić information content (AvgIpc) is 2.85. The summed E-state index contributed by atoms with van der Waals surface area (Å²) >= 11 is 0. The van der Waals surface area contributed by atoms with Gasteiger partial charge in [-0.15, -0.1) is 0 Å². The molecule has 2 atom stereocenters. The third kappa shape index (κ3) is 2.34. The molecule has 0 spiro atoms. The standard InChI is InChI=1S/C11H16N4O3/c1-3-8-10(16)14-7(2)11(17)15(8)5-4-9-12-6-13-18-9/h6-8H,3-5H2,1-2H3,(H,14,16). The largest absolute Gasteiger partial charge is 0.343 e. The van der Waals surface area contributed by atoms with Gasteiger partial charge in [-0.25, -0.2) is 0 Å². The molecule has 2 heterocycles. The molecule has 1 aliphatic rings. The Labute approximate surface area is 105 Å². The molecule has 0 saturated carbocycles. The Morgan fingerprint density at radius 1 is 1.50 bits per heavy atom. The first kappa shape index (κ1) is 12.5. The van der Waals surface area contributed by atoms with Crippen molar-refractivity contribution in [3.63, 3.8) is 0 Å². The van der Waals surface area contributed by atoms with Crippen molar-refractivity contribution < 1.29 is 14.1 Å². The Hall–Kier alpha value is -1.92. The van der Waals surface area contributed by atoms with Crippen molar-refractivity contribution in [3.8, 4) is 0 Å². The summed E-state index contributed by atoms with van der Waals surface area (Å²) < 4.78 is 4.88. The maximum atomic E-state index is 12.0. The zero-order chi connectivity index (χ0) is 13.1. The van der Waals surface area contributed by atoms with E-state index in [0.29, 0.717) is 25.3 Å². The fraction of sp³-hybridized carbons (Fsp3) is 0.636. The molecule has 2 rings (SSSR count). The SMILES string of the molecule is CCC1C(=O)NC(C)C(=O)N1CCc1ncno1. The van der Waals surface area contributed by atoms with Crippen molar-refractivity contribution in [2.45, 2.75) is 38.8 Å². The summed E-state index contributed by atoms with van der Waals surface area (Å²) in [6.45, 7) is 3.98. The molecule has 98 valence electrons. The summed E-state index contributed by atoms with van der Waals surface area (Å²) in [5.41, 5.74) is 0. The van der Waals surface area contributed by atoms with Crippen molar-refractivity contribution in [2.24, 2.45) is 0 Å². The number of aromatic nitrogens is 2. The predicted octanol–water partition coefficient (Wildman–Crippen LogP) is -0.262. The van der Waals surface area contributed by atoms with Gasteiger partial charge in [0, 0.05) is 13.0 Å². The molecule has 0 aromatic carbocycles. The van der Waals surface area contributed by atoms with Crippen LogP contribution in [0.5, 0.6) is 0 Å². The molecule has 2 amide bonds. The number of piperazine rings is 1. The molecule has 7 nitrogen and oxygen atoms in total. The predicted molar refractivity (Wildman–Crippen MR) is 61.4 cm³/mol. The Bertz CT molecular complexity index is 432. The maximum absolute atomic E-state index is 12.0. The molecular weight excluding hydrogens is 236 g/mol. The van der Waals surface area contributed by atoms with E-state index in [1.54, 1.807) is 11.8 Å². The number of rotatable bonds is 4. The zero-order valence-corrected chi connectivity index (χ0v) is 10.4. The Balaban J connectivity index is 2.06. The molecule has 1 fully saturated rings. The highest BCUT2D eigenvalue weighted by Gasteiger charge is 2.37. The molecule has 1 aliphatic heterocycles. The fourth-order valence-corrected chi connectivity index (χ4v) is 2.11. The first-order valence-corrected chi connectivity index (χ1v) is 6.00. The summed E-state index contributed by atoms with van der Waals surface area (Å²) in [4.78, 5) is 29.3. The van der Waals surface area contributed by atoms with Crippen LogP contribution in [-0.2, 0) is 16.0 Å². The van der Waals surface area contributed by atoms with Gasteiger partial charge in [-0.1, -0.05) is 12.1 Å². The minimum absolute atomic E-state index is 0.0686. The number of nitrogens with one attached hydrogen (secondary N) is 1. The van der Waals surface area contributed by atoms with Gasteiger partial charge < -0.3 is 14.7 Å². The van der Waals surface area contributed by atoms with Crippen LogP contribution in [0.4, 0.5) is 0 Å². The van der Waals surface area contributed by atoms with Crippen molar-refractivity contribution >= 4 is 11.8 Å². The van der Waals surface area contributed by atoms with Crippen LogP contribution in [0.2, 0.25) is 0 Å². The first-order valence-electron chi connectivity index (χ1n) is 6.00. The van der Waals surface area contributed by atoms with Gasteiger partial charge in [0.1, 0.15) is 12.1 Å². The number of carbonyl (C=O) groups is 2. The second kappa shape index (κ2) is 5.16.